The van der Waals surface area contributed by atoms with Crippen LogP contribution in [0.4, 0.5) is 0 Å². The van der Waals surface area contributed by atoms with Crippen molar-refractivity contribution in [2.75, 3.05) is 6.61 Å². The fraction of sp³-hybridized carbons (Fsp3) is 0.923. The maximum Gasteiger partial charge on any atom is 0.293 e. The molecule has 0 fully saturated rings. The summed E-state index contributed by atoms with van der Waals surface area (Å²) in [5, 5.41) is 0.247. The Hall–Kier alpha value is 0.157. The first-order valence-electron chi connectivity index (χ1n) is 6.48. The molecular weight excluding hydrogens is 262 g/mol. The van der Waals surface area contributed by atoms with Crippen LogP contribution in [-0.4, -0.2) is 30.4 Å². The highest BCUT2D eigenvalue weighted by Gasteiger charge is 2.37. The van der Waals surface area contributed by atoms with E-state index in [1.54, 1.807) is 6.21 Å². The first-order valence-corrected chi connectivity index (χ1v) is 10.5. The highest BCUT2D eigenvalue weighted by molar-refractivity contribution is 7.91. The molecule has 0 aliphatic heterocycles. The molecule has 1 unspecified atom stereocenters. The van der Waals surface area contributed by atoms with Gasteiger partial charge in [0, 0.05) is 13.0 Å². The third-order valence-electron chi connectivity index (χ3n) is 3.24. The quantitative estimate of drug-likeness (QED) is 0.356. The number of hydrogen-bond donors (Lipinski definition) is 1. The van der Waals surface area contributed by atoms with Crippen LogP contribution in [0.5, 0.6) is 0 Å². The summed E-state index contributed by atoms with van der Waals surface area (Å²) in [6.45, 7) is 17.8. The van der Waals surface area contributed by atoms with Crippen LogP contribution in [0.3, 0.4) is 0 Å². The topological polar surface area (TPSA) is 41.8 Å². The molecule has 5 heteroatoms. The van der Waals surface area contributed by atoms with Crippen molar-refractivity contribution in [1.29, 1.82) is 0 Å². The zero-order chi connectivity index (χ0) is 14.6. The predicted octanol–water partition coefficient (Wildman–Crippen LogP) is 4.27. The Morgan fingerprint density at radius 2 is 1.67 bits per heavy atom. The van der Waals surface area contributed by atoms with Gasteiger partial charge in [0.1, 0.15) is 0 Å². The summed E-state index contributed by atoms with van der Waals surface area (Å²) in [5.74, 6) is 0. The Morgan fingerprint density at radius 1 is 1.17 bits per heavy atom. The highest BCUT2D eigenvalue weighted by Crippen LogP contribution is 2.36. The van der Waals surface area contributed by atoms with Crippen molar-refractivity contribution < 1.29 is 8.98 Å². The van der Waals surface area contributed by atoms with Gasteiger partial charge in [-0.3, -0.25) is 0 Å². The van der Waals surface area contributed by atoms with Crippen molar-refractivity contribution in [3.05, 3.63) is 0 Å². The summed E-state index contributed by atoms with van der Waals surface area (Å²) in [5.41, 5.74) is 0. The van der Waals surface area contributed by atoms with Crippen molar-refractivity contribution in [3.8, 4) is 0 Å². The van der Waals surface area contributed by atoms with E-state index < -0.39 is 19.7 Å². The van der Waals surface area contributed by atoms with Crippen molar-refractivity contribution in [3.63, 3.8) is 0 Å². The standard InChI is InChI=1S/C13H30NO2SSi/c1-12(2,3)17(15)14-10-9-11-16-18(7,8)13(4,5)6/h10,15H,9,11H2,1-8H3/q+1. The maximum absolute atomic E-state index is 9.77. The molecule has 0 saturated carbocycles. The fourth-order valence-electron chi connectivity index (χ4n) is 0.865. The SMILES string of the molecule is CC(C)(C)[S+](O)N=CCCO[Si](C)(C)C(C)(C)C. The molecule has 108 valence electrons. The first-order chi connectivity index (χ1) is 7.88. The van der Waals surface area contributed by atoms with Crippen LogP contribution in [0.25, 0.3) is 0 Å². The molecule has 0 heterocycles. The third-order valence-corrected chi connectivity index (χ3v) is 9.22. The van der Waals surface area contributed by atoms with Crippen LogP contribution in [0, 0.1) is 0 Å². The smallest absolute Gasteiger partial charge is 0.293 e. The monoisotopic (exact) mass is 292 g/mol. The van der Waals surface area contributed by atoms with Gasteiger partial charge < -0.3 is 4.43 Å². The number of nitrogens with zero attached hydrogens (tertiary/aromatic N) is 1. The third kappa shape index (κ3) is 6.36. The van der Waals surface area contributed by atoms with Gasteiger partial charge in [0.25, 0.3) is 11.4 Å². The van der Waals surface area contributed by atoms with Gasteiger partial charge in [0.15, 0.2) is 13.1 Å². The summed E-state index contributed by atoms with van der Waals surface area (Å²) in [6.07, 6.45) is 2.56. The second-order valence-electron chi connectivity index (χ2n) is 7.06. The zero-order valence-corrected chi connectivity index (χ0v) is 15.0. The molecule has 0 saturated heterocycles. The lowest BCUT2D eigenvalue weighted by atomic mass is 10.2. The lowest BCUT2D eigenvalue weighted by molar-refractivity contribution is 0.299. The Bertz CT molecular complexity index is 280. The minimum Gasteiger partial charge on any atom is -0.416 e. The van der Waals surface area contributed by atoms with Crippen molar-refractivity contribution in [2.45, 2.75) is 70.8 Å². The average molecular weight is 293 g/mol. The van der Waals surface area contributed by atoms with Crippen molar-refractivity contribution >= 4 is 25.9 Å². The minimum absolute atomic E-state index is 0.170. The Labute approximate surface area is 117 Å². The van der Waals surface area contributed by atoms with Crippen LogP contribution in [0.15, 0.2) is 4.40 Å². The van der Waals surface area contributed by atoms with Crippen LogP contribution in [0.1, 0.15) is 48.0 Å². The summed E-state index contributed by atoms with van der Waals surface area (Å²) in [7, 11) is -1.64. The predicted molar refractivity (Wildman–Crippen MR) is 86.0 cm³/mol. The normalized spacial score (nSPS) is 16.3. The van der Waals surface area contributed by atoms with Gasteiger partial charge in [0.2, 0.25) is 0 Å². The van der Waals surface area contributed by atoms with Gasteiger partial charge >= 0.3 is 0 Å². The van der Waals surface area contributed by atoms with E-state index in [0.717, 1.165) is 6.42 Å². The molecule has 0 amide bonds. The van der Waals surface area contributed by atoms with E-state index in [1.165, 1.54) is 0 Å². The summed E-state index contributed by atoms with van der Waals surface area (Å²) in [6, 6.07) is 0. The van der Waals surface area contributed by atoms with Crippen LogP contribution in [-0.2, 0) is 15.8 Å². The van der Waals surface area contributed by atoms with Crippen molar-refractivity contribution in [1.82, 2.24) is 0 Å². The van der Waals surface area contributed by atoms with Crippen LogP contribution in [0.2, 0.25) is 18.1 Å². The molecule has 0 aromatic heterocycles. The highest BCUT2D eigenvalue weighted by atomic mass is 32.2. The molecule has 1 atom stereocenters. The van der Waals surface area contributed by atoms with Gasteiger partial charge in [-0.2, -0.15) is 4.55 Å². The molecule has 3 nitrogen and oxygen atoms in total. The second kappa shape index (κ2) is 6.55. The largest absolute Gasteiger partial charge is 0.416 e. The number of rotatable bonds is 5. The second-order valence-corrected chi connectivity index (χ2v) is 13.8. The Kier molecular flexibility index (Phi) is 6.60. The zero-order valence-electron chi connectivity index (χ0n) is 13.2. The summed E-state index contributed by atoms with van der Waals surface area (Å²) >= 11 is -0.904. The van der Waals surface area contributed by atoms with Gasteiger partial charge in [-0.1, -0.05) is 20.8 Å². The lowest BCUT2D eigenvalue weighted by Crippen LogP contribution is -2.41. The van der Waals surface area contributed by atoms with Gasteiger partial charge in [-0.15, -0.1) is 0 Å². The van der Waals surface area contributed by atoms with E-state index in [2.05, 4.69) is 38.3 Å². The minimum atomic E-state index is -1.64. The molecular formula is C13H30NO2SSi+. The molecule has 0 aliphatic carbocycles. The van der Waals surface area contributed by atoms with Gasteiger partial charge in [0.05, 0.1) is 6.21 Å². The fourth-order valence-corrected chi connectivity index (χ4v) is 2.49. The number of hydrogen-bond acceptors (Lipinski definition) is 3. The van der Waals surface area contributed by atoms with Gasteiger partial charge in [-0.05, 0) is 43.3 Å². The molecule has 1 N–H and O–H groups in total. The maximum atomic E-state index is 9.77. The van der Waals surface area contributed by atoms with E-state index >= 15 is 0 Å². The average Bonchev–Trinajstić information content (AvgIpc) is 2.13. The molecule has 0 aromatic rings. The van der Waals surface area contributed by atoms with E-state index in [-0.39, 0.29) is 9.79 Å². The molecule has 0 rings (SSSR count). The molecule has 0 radical (unpaired) electrons. The van der Waals surface area contributed by atoms with Gasteiger partial charge in [-0.25, -0.2) is 0 Å². The van der Waals surface area contributed by atoms with E-state index in [9.17, 15) is 4.55 Å². The lowest BCUT2D eigenvalue weighted by Gasteiger charge is -2.36. The molecule has 18 heavy (non-hydrogen) atoms. The van der Waals surface area contributed by atoms with Crippen molar-refractivity contribution in [2.24, 2.45) is 4.40 Å². The first kappa shape index (κ1) is 18.2. The van der Waals surface area contributed by atoms with Crippen LogP contribution < -0.4 is 0 Å². The van der Waals surface area contributed by atoms with E-state index in [1.807, 2.05) is 20.8 Å². The Morgan fingerprint density at radius 3 is 2.06 bits per heavy atom. The molecule has 0 aromatic carbocycles. The Balaban J connectivity index is 4.06. The van der Waals surface area contributed by atoms with Crippen LogP contribution >= 0.6 is 0 Å². The molecule has 0 spiro atoms. The molecule has 0 bridgehead atoms. The molecule has 0 aliphatic rings. The van der Waals surface area contributed by atoms with E-state index in [4.69, 9.17) is 4.43 Å². The summed E-state index contributed by atoms with van der Waals surface area (Å²) in [4.78, 5) is 0. The summed E-state index contributed by atoms with van der Waals surface area (Å²) < 4.78 is 19.8. The van der Waals surface area contributed by atoms with E-state index in [0.29, 0.717) is 6.61 Å².